The van der Waals surface area contributed by atoms with Crippen LogP contribution in [0.1, 0.15) is 33.6 Å². The average Bonchev–Trinajstić information content (AvgIpc) is 1.98. The first-order chi connectivity index (χ1) is 5.48. The van der Waals surface area contributed by atoms with Crippen LogP contribution in [-0.4, -0.2) is 19.0 Å². The molecule has 0 fully saturated rings. The molecule has 3 heteroatoms. The van der Waals surface area contributed by atoms with Gasteiger partial charge < -0.3 is 11.1 Å². The van der Waals surface area contributed by atoms with Gasteiger partial charge in [-0.25, -0.2) is 0 Å². The molecule has 0 aliphatic rings. The Morgan fingerprint density at radius 1 is 1.50 bits per heavy atom. The fourth-order valence-electron chi connectivity index (χ4n) is 1.03. The molecule has 3 nitrogen and oxygen atoms in total. The molecule has 0 aliphatic carbocycles. The third-order valence-corrected chi connectivity index (χ3v) is 1.87. The minimum absolute atomic E-state index is 0.0378. The first-order valence-corrected chi connectivity index (χ1v) is 4.42. The van der Waals surface area contributed by atoms with Crippen LogP contribution in [0.25, 0.3) is 0 Å². The average molecular weight is 172 g/mol. The molecule has 0 unspecified atom stereocenters. The van der Waals surface area contributed by atoms with Crippen LogP contribution in [0.15, 0.2) is 0 Å². The molecule has 0 bridgehead atoms. The third-order valence-electron chi connectivity index (χ3n) is 1.87. The van der Waals surface area contributed by atoms with Crippen molar-refractivity contribution in [2.24, 2.45) is 11.1 Å². The molecule has 12 heavy (non-hydrogen) atoms. The molecule has 0 aromatic rings. The largest absolute Gasteiger partial charge is 0.356 e. The lowest BCUT2D eigenvalue weighted by atomic mass is 9.88. The summed E-state index contributed by atoms with van der Waals surface area (Å²) in [6.07, 6.45) is 2.08. The molecule has 0 rings (SSSR count). The topological polar surface area (TPSA) is 55.1 Å². The van der Waals surface area contributed by atoms with Gasteiger partial charge in [0.25, 0.3) is 0 Å². The second-order valence-electron chi connectivity index (χ2n) is 3.97. The maximum absolute atomic E-state index is 10.6. The van der Waals surface area contributed by atoms with Crippen LogP contribution in [0.5, 0.6) is 0 Å². The zero-order chi connectivity index (χ0) is 9.61. The molecule has 1 amide bonds. The zero-order valence-electron chi connectivity index (χ0n) is 8.31. The predicted octanol–water partition coefficient (Wildman–Crippen LogP) is 0.888. The van der Waals surface area contributed by atoms with Crippen molar-refractivity contribution in [2.75, 3.05) is 13.1 Å². The molecule has 0 spiro atoms. The zero-order valence-corrected chi connectivity index (χ0v) is 8.31. The van der Waals surface area contributed by atoms with Gasteiger partial charge in [0.2, 0.25) is 5.91 Å². The van der Waals surface area contributed by atoms with Gasteiger partial charge in [-0.05, 0) is 24.8 Å². The highest BCUT2D eigenvalue weighted by atomic mass is 16.1. The molecule has 0 saturated carbocycles. The van der Waals surface area contributed by atoms with Gasteiger partial charge in [-0.1, -0.05) is 13.8 Å². The van der Waals surface area contributed by atoms with Crippen LogP contribution < -0.4 is 11.1 Å². The quantitative estimate of drug-likeness (QED) is 0.647. The number of carbonyl (C=O) groups is 1. The fourth-order valence-corrected chi connectivity index (χ4v) is 1.03. The van der Waals surface area contributed by atoms with E-state index < -0.39 is 0 Å². The number of nitrogens with one attached hydrogen (secondary N) is 1. The van der Waals surface area contributed by atoms with E-state index in [1.54, 1.807) is 6.92 Å². The van der Waals surface area contributed by atoms with Gasteiger partial charge >= 0.3 is 0 Å². The maximum atomic E-state index is 10.6. The summed E-state index contributed by atoms with van der Waals surface area (Å²) in [5.41, 5.74) is 5.58. The Balaban J connectivity index is 3.63. The van der Waals surface area contributed by atoms with E-state index in [0.29, 0.717) is 0 Å². The lowest BCUT2D eigenvalue weighted by Crippen LogP contribution is -2.32. The second kappa shape index (κ2) is 5.14. The molecule has 72 valence electrons. The Hall–Kier alpha value is -0.570. The van der Waals surface area contributed by atoms with Crippen molar-refractivity contribution in [1.82, 2.24) is 5.32 Å². The van der Waals surface area contributed by atoms with Crippen LogP contribution in [-0.2, 0) is 4.79 Å². The standard InChI is InChI=1S/C9H20N2O/c1-8(12)11-7-9(2,3)5-4-6-10/h4-7,10H2,1-3H3,(H,11,12). The van der Waals surface area contributed by atoms with Crippen molar-refractivity contribution in [2.45, 2.75) is 33.6 Å². The van der Waals surface area contributed by atoms with Crippen molar-refractivity contribution < 1.29 is 4.79 Å². The summed E-state index contributed by atoms with van der Waals surface area (Å²) in [5, 5.41) is 2.81. The Bertz CT molecular complexity index is 143. The predicted molar refractivity (Wildman–Crippen MR) is 50.8 cm³/mol. The van der Waals surface area contributed by atoms with Gasteiger partial charge in [0.15, 0.2) is 0 Å². The van der Waals surface area contributed by atoms with Crippen molar-refractivity contribution in [1.29, 1.82) is 0 Å². The minimum Gasteiger partial charge on any atom is -0.356 e. The van der Waals surface area contributed by atoms with E-state index in [9.17, 15) is 4.79 Å². The molecule has 0 atom stereocenters. The van der Waals surface area contributed by atoms with Crippen molar-refractivity contribution in [3.8, 4) is 0 Å². The van der Waals surface area contributed by atoms with Gasteiger partial charge in [-0.2, -0.15) is 0 Å². The summed E-state index contributed by atoms with van der Waals surface area (Å²) in [7, 11) is 0. The Labute approximate surface area is 74.7 Å². The maximum Gasteiger partial charge on any atom is 0.216 e. The number of carbonyl (C=O) groups excluding carboxylic acids is 1. The summed E-state index contributed by atoms with van der Waals surface area (Å²) in [5.74, 6) is 0.0378. The second-order valence-corrected chi connectivity index (χ2v) is 3.97. The lowest BCUT2D eigenvalue weighted by molar-refractivity contribution is -0.119. The fraction of sp³-hybridized carbons (Fsp3) is 0.889. The Kier molecular flexibility index (Phi) is 4.90. The smallest absolute Gasteiger partial charge is 0.216 e. The first-order valence-electron chi connectivity index (χ1n) is 4.42. The van der Waals surface area contributed by atoms with E-state index in [-0.39, 0.29) is 11.3 Å². The molecular formula is C9H20N2O. The summed E-state index contributed by atoms with van der Waals surface area (Å²) in [6, 6.07) is 0. The van der Waals surface area contributed by atoms with Crippen LogP contribution >= 0.6 is 0 Å². The number of hydrogen-bond donors (Lipinski definition) is 2. The third kappa shape index (κ3) is 6.16. The molecule has 0 radical (unpaired) electrons. The van der Waals surface area contributed by atoms with Gasteiger partial charge in [0.1, 0.15) is 0 Å². The van der Waals surface area contributed by atoms with Gasteiger partial charge in [0.05, 0.1) is 0 Å². The summed E-state index contributed by atoms with van der Waals surface area (Å²) >= 11 is 0. The van der Waals surface area contributed by atoms with E-state index in [4.69, 9.17) is 5.73 Å². The molecule has 3 N–H and O–H groups in total. The van der Waals surface area contributed by atoms with Crippen LogP contribution in [0.3, 0.4) is 0 Å². The van der Waals surface area contributed by atoms with Gasteiger partial charge in [-0.15, -0.1) is 0 Å². The van der Waals surface area contributed by atoms with E-state index in [2.05, 4.69) is 19.2 Å². The molecule has 0 aliphatic heterocycles. The summed E-state index contributed by atoms with van der Waals surface area (Å²) < 4.78 is 0. The van der Waals surface area contributed by atoms with E-state index in [0.717, 1.165) is 25.9 Å². The van der Waals surface area contributed by atoms with Crippen molar-refractivity contribution in [3.63, 3.8) is 0 Å². The number of amides is 1. The molecular weight excluding hydrogens is 152 g/mol. The molecule has 0 heterocycles. The SMILES string of the molecule is CC(=O)NCC(C)(C)CCCN. The molecule has 0 saturated heterocycles. The van der Waals surface area contributed by atoms with Crippen LogP contribution in [0.4, 0.5) is 0 Å². The van der Waals surface area contributed by atoms with Crippen LogP contribution in [0, 0.1) is 5.41 Å². The molecule has 0 aromatic heterocycles. The van der Waals surface area contributed by atoms with E-state index in [1.807, 2.05) is 0 Å². The Morgan fingerprint density at radius 2 is 2.08 bits per heavy atom. The molecule has 0 aromatic carbocycles. The highest BCUT2D eigenvalue weighted by molar-refractivity contribution is 5.72. The highest BCUT2D eigenvalue weighted by Gasteiger charge is 2.16. The number of rotatable bonds is 5. The summed E-state index contributed by atoms with van der Waals surface area (Å²) in [6.45, 7) is 7.28. The van der Waals surface area contributed by atoms with Crippen molar-refractivity contribution in [3.05, 3.63) is 0 Å². The number of nitrogens with two attached hydrogens (primary N) is 1. The first kappa shape index (κ1) is 11.4. The van der Waals surface area contributed by atoms with Gasteiger partial charge in [0, 0.05) is 13.5 Å². The van der Waals surface area contributed by atoms with Gasteiger partial charge in [-0.3, -0.25) is 4.79 Å². The van der Waals surface area contributed by atoms with E-state index in [1.165, 1.54) is 0 Å². The lowest BCUT2D eigenvalue weighted by Gasteiger charge is -2.24. The number of hydrogen-bond acceptors (Lipinski definition) is 2. The normalized spacial score (nSPS) is 11.3. The van der Waals surface area contributed by atoms with E-state index >= 15 is 0 Å². The summed E-state index contributed by atoms with van der Waals surface area (Å²) in [4.78, 5) is 10.6. The monoisotopic (exact) mass is 172 g/mol. The Morgan fingerprint density at radius 3 is 2.50 bits per heavy atom. The van der Waals surface area contributed by atoms with Crippen LogP contribution in [0.2, 0.25) is 0 Å². The van der Waals surface area contributed by atoms with Crippen molar-refractivity contribution >= 4 is 5.91 Å². The highest BCUT2D eigenvalue weighted by Crippen LogP contribution is 2.20. The minimum atomic E-state index is 0.0378.